The first kappa shape index (κ1) is 16.0. The number of carbonyl (C=O) groups excluding carboxylic acids is 1. The zero-order chi connectivity index (χ0) is 15.5. The van der Waals surface area contributed by atoms with E-state index < -0.39 is 5.41 Å². The fourth-order valence-electron chi connectivity index (χ4n) is 3.14. The number of likely N-dealkylation sites (tertiary alicyclic amines) is 1. The van der Waals surface area contributed by atoms with Gasteiger partial charge in [-0.25, -0.2) is 0 Å². The minimum Gasteiger partial charge on any atom is -0.385 e. The lowest BCUT2D eigenvalue weighted by Gasteiger charge is -2.40. The largest absolute Gasteiger partial charge is 0.385 e. The molecule has 1 aliphatic rings. The Kier molecular flexibility index (Phi) is 5.00. The van der Waals surface area contributed by atoms with Crippen LogP contribution in [0.25, 0.3) is 0 Å². The van der Waals surface area contributed by atoms with Gasteiger partial charge in [-0.2, -0.15) is 0 Å². The minimum absolute atomic E-state index is 0.219. The lowest BCUT2D eigenvalue weighted by atomic mass is 9.76. The number of methoxy groups -OCH3 is 1. The molecular formula is C15H25N3O3. The van der Waals surface area contributed by atoms with Crippen LogP contribution in [-0.2, 0) is 16.1 Å². The molecule has 0 bridgehead atoms. The van der Waals surface area contributed by atoms with E-state index in [4.69, 9.17) is 15.0 Å². The standard InChI is InChI=1S/C15H25N3O3/c1-11-13(12(2)21-17-11)9-18-7-4-5-15(10-18,14(16)19)6-8-20-3/h4-10H2,1-3H3,(H2,16,19). The number of hydrogen-bond donors (Lipinski definition) is 1. The van der Waals surface area contributed by atoms with Gasteiger partial charge in [-0.3, -0.25) is 9.69 Å². The van der Waals surface area contributed by atoms with E-state index >= 15 is 0 Å². The predicted molar refractivity (Wildman–Crippen MR) is 78.6 cm³/mol. The smallest absolute Gasteiger partial charge is 0.225 e. The molecule has 1 aliphatic heterocycles. The number of carbonyl (C=O) groups is 1. The van der Waals surface area contributed by atoms with Gasteiger partial charge in [-0.1, -0.05) is 5.16 Å². The first-order valence-corrected chi connectivity index (χ1v) is 7.41. The number of piperidine rings is 1. The van der Waals surface area contributed by atoms with Crippen LogP contribution in [0, 0.1) is 19.3 Å². The topological polar surface area (TPSA) is 81.6 Å². The Labute approximate surface area is 125 Å². The van der Waals surface area contributed by atoms with Crippen LogP contribution in [0.4, 0.5) is 0 Å². The van der Waals surface area contributed by atoms with Crippen molar-refractivity contribution in [1.29, 1.82) is 0 Å². The van der Waals surface area contributed by atoms with Crippen LogP contribution in [0.1, 0.15) is 36.3 Å². The third kappa shape index (κ3) is 3.44. The van der Waals surface area contributed by atoms with Gasteiger partial charge in [0.2, 0.25) is 5.91 Å². The van der Waals surface area contributed by atoms with Gasteiger partial charge in [0.15, 0.2) is 0 Å². The van der Waals surface area contributed by atoms with Gasteiger partial charge in [0.1, 0.15) is 5.76 Å². The Morgan fingerprint density at radius 3 is 2.86 bits per heavy atom. The van der Waals surface area contributed by atoms with Crippen molar-refractivity contribution < 1.29 is 14.1 Å². The van der Waals surface area contributed by atoms with Gasteiger partial charge in [0.05, 0.1) is 11.1 Å². The van der Waals surface area contributed by atoms with Gasteiger partial charge in [0.25, 0.3) is 0 Å². The molecule has 1 atom stereocenters. The van der Waals surface area contributed by atoms with Gasteiger partial charge >= 0.3 is 0 Å². The summed E-state index contributed by atoms with van der Waals surface area (Å²) in [5, 5.41) is 3.99. The van der Waals surface area contributed by atoms with Crippen molar-refractivity contribution in [1.82, 2.24) is 10.1 Å². The van der Waals surface area contributed by atoms with Gasteiger partial charge in [-0.15, -0.1) is 0 Å². The third-order valence-electron chi connectivity index (χ3n) is 4.53. The molecule has 6 nitrogen and oxygen atoms in total. The summed E-state index contributed by atoms with van der Waals surface area (Å²) in [6.45, 7) is 6.82. The lowest BCUT2D eigenvalue weighted by molar-refractivity contribution is -0.132. The molecule has 1 saturated heterocycles. The van der Waals surface area contributed by atoms with Crippen LogP contribution in [0.15, 0.2) is 4.52 Å². The zero-order valence-corrected chi connectivity index (χ0v) is 13.1. The van der Waals surface area contributed by atoms with E-state index in [0.717, 1.165) is 42.9 Å². The molecule has 21 heavy (non-hydrogen) atoms. The maximum Gasteiger partial charge on any atom is 0.225 e. The second kappa shape index (κ2) is 6.58. The molecule has 1 amide bonds. The number of amides is 1. The van der Waals surface area contributed by atoms with E-state index in [-0.39, 0.29) is 5.91 Å². The van der Waals surface area contributed by atoms with Gasteiger partial charge in [-0.05, 0) is 39.7 Å². The highest BCUT2D eigenvalue weighted by Gasteiger charge is 2.40. The molecule has 0 aliphatic carbocycles. The lowest BCUT2D eigenvalue weighted by Crippen LogP contribution is -2.50. The number of ether oxygens (including phenoxy) is 1. The molecule has 2 rings (SSSR count). The highest BCUT2D eigenvalue weighted by molar-refractivity contribution is 5.81. The van der Waals surface area contributed by atoms with Crippen molar-refractivity contribution in [2.24, 2.45) is 11.1 Å². The summed E-state index contributed by atoms with van der Waals surface area (Å²) in [5.41, 5.74) is 7.24. The fraction of sp³-hybridized carbons (Fsp3) is 0.733. The minimum atomic E-state index is -0.479. The summed E-state index contributed by atoms with van der Waals surface area (Å²) in [7, 11) is 1.65. The highest BCUT2D eigenvalue weighted by Crippen LogP contribution is 2.34. The molecule has 0 spiro atoms. The second-order valence-electron chi connectivity index (χ2n) is 6.00. The summed E-state index contributed by atoms with van der Waals surface area (Å²) in [4.78, 5) is 14.2. The van der Waals surface area contributed by atoms with E-state index in [9.17, 15) is 4.79 Å². The Hall–Kier alpha value is -1.40. The normalized spacial score (nSPS) is 23.4. The quantitative estimate of drug-likeness (QED) is 0.857. The van der Waals surface area contributed by atoms with E-state index in [2.05, 4.69) is 10.1 Å². The SMILES string of the molecule is COCCC1(C(N)=O)CCCN(Cc2c(C)noc2C)C1. The van der Waals surface area contributed by atoms with Crippen molar-refractivity contribution in [2.75, 3.05) is 26.8 Å². The summed E-state index contributed by atoms with van der Waals surface area (Å²) in [5.74, 6) is 0.627. The monoisotopic (exact) mass is 295 g/mol. The van der Waals surface area contributed by atoms with Crippen LogP contribution in [0.2, 0.25) is 0 Å². The van der Waals surface area contributed by atoms with E-state index in [1.165, 1.54) is 0 Å². The zero-order valence-electron chi connectivity index (χ0n) is 13.1. The number of aromatic nitrogens is 1. The Morgan fingerprint density at radius 2 is 2.29 bits per heavy atom. The first-order valence-electron chi connectivity index (χ1n) is 7.41. The fourth-order valence-corrected chi connectivity index (χ4v) is 3.14. The molecule has 1 aromatic heterocycles. The van der Waals surface area contributed by atoms with Gasteiger partial charge < -0.3 is 15.0 Å². The highest BCUT2D eigenvalue weighted by atomic mass is 16.5. The van der Waals surface area contributed by atoms with Crippen LogP contribution in [-0.4, -0.2) is 42.8 Å². The van der Waals surface area contributed by atoms with Crippen LogP contribution < -0.4 is 5.73 Å². The molecule has 2 N–H and O–H groups in total. The molecule has 1 fully saturated rings. The molecule has 1 unspecified atom stereocenters. The average molecular weight is 295 g/mol. The van der Waals surface area contributed by atoms with Crippen LogP contribution >= 0.6 is 0 Å². The molecule has 0 radical (unpaired) electrons. The molecule has 1 aromatic rings. The maximum atomic E-state index is 12.0. The Balaban J connectivity index is 2.10. The van der Waals surface area contributed by atoms with Crippen LogP contribution in [0.5, 0.6) is 0 Å². The molecule has 0 saturated carbocycles. The predicted octanol–water partition coefficient (Wildman–Crippen LogP) is 1.40. The number of hydrogen-bond acceptors (Lipinski definition) is 5. The van der Waals surface area contributed by atoms with E-state index in [1.807, 2.05) is 13.8 Å². The number of nitrogens with two attached hydrogens (primary N) is 1. The average Bonchev–Trinajstić information content (AvgIpc) is 2.77. The van der Waals surface area contributed by atoms with Crippen molar-refractivity contribution in [3.63, 3.8) is 0 Å². The summed E-state index contributed by atoms with van der Waals surface area (Å²) >= 11 is 0. The Bertz CT molecular complexity index is 481. The molecule has 2 heterocycles. The van der Waals surface area contributed by atoms with E-state index in [1.54, 1.807) is 7.11 Å². The molecule has 6 heteroatoms. The summed E-state index contributed by atoms with van der Waals surface area (Å²) < 4.78 is 10.4. The second-order valence-corrected chi connectivity index (χ2v) is 6.00. The summed E-state index contributed by atoms with van der Waals surface area (Å²) in [6.07, 6.45) is 2.48. The van der Waals surface area contributed by atoms with Crippen molar-refractivity contribution >= 4 is 5.91 Å². The van der Waals surface area contributed by atoms with Gasteiger partial charge in [0, 0.05) is 32.4 Å². The molecule has 118 valence electrons. The molecular weight excluding hydrogens is 270 g/mol. The van der Waals surface area contributed by atoms with Crippen molar-refractivity contribution in [3.05, 3.63) is 17.0 Å². The first-order chi connectivity index (χ1) is 9.98. The van der Waals surface area contributed by atoms with Crippen molar-refractivity contribution in [3.8, 4) is 0 Å². The summed E-state index contributed by atoms with van der Waals surface area (Å²) in [6, 6.07) is 0. The van der Waals surface area contributed by atoms with Crippen molar-refractivity contribution in [2.45, 2.75) is 39.7 Å². The number of rotatable bonds is 6. The van der Waals surface area contributed by atoms with E-state index in [0.29, 0.717) is 19.6 Å². The molecule has 0 aromatic carbocycles. The number of primary amides is 1. The number of nitrogens with zero attached hydrogens (tertiary/aromatic N) is 2. The number of aryl methyl sites for hydroxylation is 2. The third-order valence-corrected chi connectivity index (χ3v) is 4.53. The maximum absolute atomic E-state index is 12.0. The van der Waals surface area contributed by atoms with Crippen LogP contribution in [0.3, 0.4) is 0 Å². The Morgan fingerprint density at radius 1 is 1.52 bits per heavy atom.